The molecule has 0 aromatic carbocycles. The van der Waals surface area contributed by atoms with Gasteiger partial charge in [0.15, 0.2) is 0 Å². The van der Waals surface area contributed by atoms with Gasteiger partial charge in [-0.3, -0.25) is 0 Å². The summed E-state index contributed by atoms with van der Waals surface area (Å²) in [5.41, 5.74) is 0.335. The molecule has 0 aromatic heterocycles. The minimum absolute atomic E-state index is 0.0317. The standard InChI is InChI=1S/C13H29NO3/c1-11(9-16-5)17-10-12(15)8-14-7-6-13(2,3)4/h11-12,14-15H,6-10H2,1-5H3. The molecule has 0 bridgehead atoms. The number of rotatable bonds is 9. The van der Waals surface area contributed by atoms with E-state index < -0.39 is 6.10 Å². The number of hydrogen-bond donors (Lipinski definition) is 2. The third-order valence-corrected chi connectivity index (χ3v) is 2.41. The van der Waals surface area contributed by atoms with Gasteiger partial charge in [0.2, 0.25) is 0 Å². The molecule has 104 valence electrons. The van der Waals surface area contributed by atoms with Crippen molar-refractivity contribution < 1.29 is 14.6 Å². The van der Waals surface area contributed by atoms with Crippen LogP contribution in [0.4, 0.5) is 0 Å². The predicted octanol–water partition coefficient (Wildman–Crippen LogP) is 1.42. The zero-order chi connectivity index (χ0) is 13.3. The highest BCUT2D eigenvalue weighted by Crippen LogP contribution is 2.16. The smallest absolute Gasteiger partial charge is 0.0897 e. The molecule has 0 saturated heterocycles. The lowest BCUT2D eigenvalue weighted by Crippen LogP contribution is -2.33. The largest absolute Gasteiger partial charge is 0.389 e. The SMILES string of the molecule is COCC(C)OCC(O)CNCCC(C)(C)C. The molecule has 0 spiro atoms. The molecule has 0 aliphatic carbocycles. The molecule has 0 aromatic rings. The van der Waals surface area contributed by atoms with Crippen molar-refractivity contribution in [1.82, 2.24) is 5.32 Å². The van der Waals surface area contributed by atoms with Crippen LogP contribution in [-0.4, -0.2) is 50.7 Å². The Morgan fingerprint density at radius 3 is 2.41 bits per heavy atom. The molecule has 2 atom stereocenters. The summed E-state index contributed by atoms with van der Waals surface area (Å²) in [4.78, 5) is 0. The summed E-state index contributed by atoms with van der Waals surface area (Å²) in [6, 6.07) is 0. The summed E-state index contributed by atoms with van der Waals surface area (Å²) in [7, 11) is 1.64. The maximum Gasteiger partial charge on any atom is 0.0897 e. The highest BCUT2D eigenvalue weighted by atomic mass is 16.5. The fourth-order valence-electron chi connectivity index (χ4n) is 1.35. The van der Waals surface area contributed by atoms with E-state index in [0.717, 1.165) is 13.0 Å². The molecule has 4 nitrogen and oxygen atoms in total. The first kappa shape index (κ1) is 16.8. The maximum atomic E-state index is 9.67. The second-order valence-electron chi connectivity index (χ2n) is 5.77. The Hall–Kier alpha value is -0.160. The van der Waals surface area contributed by atoms with Crippen LogP contribution in [0, 0.1) is 5.41 Å². The van der Waals surface area contributed by atoms with Crippen molar-refractivity contribution in [2.75, 3.05) is 33.4 Å². The number of hydrogen-bond acceptors (Lipinski definition) is 4. The van der Waals surface area contributed by atoms with E-state index >= 15 is 0 Å². The lowest BCUT2D eigenvalue weighted by atomic mass is 9.92. The molecule has 0 heterocycles. The Bertz CT molecular complexity index is 180. The minimum atomic E-state index is -0.450. The van der Waals surface area contributed by atoms with Crippen LogP contribution >= 0.6 is 0 Å². The van der Waals surface area contributed by atoms with Gasteiger partial charge in [-0.05, 0) is 25.3 Å². The van der Waals surface area contributed by atoms with E-state index in [0.29, 0.717) is 25.2 Å². The zero-order valence-electron chi connectivity index (χ0n) is 12.0. The van der Waals surface area contributed by atoms with Gasteiger partial charge in [0.25, 0.3) is 0 Å². The first-order valence-corrected chi connectivity index (χ1v) is 6.34. The van der Waals surface area contributed by atoms with Crippen molar-refractivity contribution in [3.05, 3.63) is 0 Å². The third kappa shape index (κ3) is 12.1. The number of aliphatic hydroxyl groups excluding tert-OH is 1. The molecule has 4 heteroatoms. The fourth-order valence-corrected chi connectivity index (χ4v) is 1.35. The van der Waals surface area contributed by atoms with Gasteiger partial charge in [-0.15, -0.1) is 0 Å². The summed E-state index contributed by atoms with van der Waals surface area (Å²) in [6.07, 6.45) is 0.680. The lowest BCUT2D eigenvalue weighted by molar-refractivity contribution is -0.0311. The van der Waals surface area contributed by atoms with Crippen molar-refractivity contribution in [3.63, 3.8) is 0 Å². The number of ether oxygens (including phenoxy) is 2. The van der Waals surface area contributed by atoms with E-state index in [1.165, 1.54) is 0 Å². The molecule has 0 amide bonds. The highest BCUT2D eigenvalue weighted by Gasteiger charge is 2.11. The van der Waals surface area contributed by atoms with Gasteiger partial charge in [-0.2, -0.15) is 0 Å². The summed E-state index contributed by atoms with van der Waals surface area (Å²) in [6.45, 7) is 11.0. The van der Waals surface area contributed by atoms with E-state index in [9.17, 15) is 5.11 Å². The van der Waals surface area contributed by atoms with E-state index in [2.05, 4.69) is 26.1 Å². The molecule has 0 radical (unpaired) electrons. The molecule has 17 heavy (non-hydrogen) atoms. The van der Waals surface area contributed by atoms with Crippen LogP contribution in [0.2, 0.25) is 0 Å². The Morgan fingerprint density at radius 2 is 1.88 bits per heavy atom. The second kappa shape index (κ2) is 8.86. The molecule has 0 aliphatic heterocycles. The van der Waals surface area contributed by atoms with E-state index in [-0.39, 0.29) is 6.10 Å². The molecular formula is C13H29NO3. The van der Waals surface area contributed by atoms with Crippen LogP contribution in [0.5, 0.6) is 0 Å². The van der Waals surface area contributed by atoms with Gasteiger partial charge in [-0.25, -0.2) is 0 Å². The Balaban J connectivity index is 3.43. The fraction of sp³-hybridized carbons (Fsp3) is 1.00. The van der Waals surface area contributed by atoms with Crippen molar-refractivity contribution in [3.8, 4) is 0 Å². The quantitative estimate of drug-likeness (QED) is 0.605. The summed E-state index contributed by atoms with van der Waals surface area (Å²) >= 11 is 0. The van der Waals surface area contributed by atoms with Gasteiger partial charge in [-0.1, -0.05) is 20.8 Å². The van der Waals surface area contributed by atoms with E-state index in [1.807, 2.05) is 6.92 Å². The Kier molecular flexibility index (Phi) is 8.78. The monoisotopic (exact) mass is 247 g/mol. The molecule has 0 fully saturated rings. The van der Waals surface area contributed by atoms with Crippen LogP contribution < -0.4 is 5.32 Å². The molecule has 2 N–H and O–H groups in total. The molecule has 0 rings (SSSR count). The van der Waals surface area contributed by atoms with Crippen LogP contribution in [0.1, 0.15) is 34.1 Å². The second-order valence-corrected chi connectivity index (χ2v) is 5.77. The average Bonchev–Trinajstić information content (AvgIpc) is 2.21. The Labute approximate surface area is 106 Å². The maximum absolute atomic E-state index is 9.67. The van der Waals surface area contributed by atoms with Gasteiger partial charge < -0.3 is 19.9 Å². The van der Waals surface area contributed by atoms with Crippen LogP contribution in [0.15, 0.2) is 0 Å². The summed E-state index contributed by atoms with van der Waals surface area (Å²) in [5.74, 6) is 0. The minimum Gasteiger partial charge on any atom is -0.389 e. The number of aliphatic hydroxyl groups is 1. The van der Waals surface area contributed by atoms with Crippen LogP contribution in [-0.2, 0) is 9.47 Å². The van der Waals surface area contributed by atoms with Crippen molar-refractivity contribution in [1.29, 1.82) is 0 Å². The molecule has 2 unspecified atom stereocenters. The molecular weight excluding hydrogens is 218 g/mol. The first-order chi connectivity index (χ1) is 7.85. The van der Waals surface area contributed by atoms with Crippen molar-refractivity contribution in [2.24, 2.45) is 5.41 Å². The number of nitrogens with one attached hydrogen (secondary N) is 1. The first-order valence-electron chi connectivity index (χ1n) is 6.34. The summed E-state index contributed by atoms with van der Waals surface area (Å²) in [5, 5.41) is 12.9. The van der Waals surface area contributed by atoms with Gasteiger partial charge in [0.05, 0.1) is 25.4 Å². The van der Waals surface area contributed by atoms with Gasteiger partial charge in [0.1, 0.15) is 0 Å². The highest BCUT2D eigenvalue weighted by molar-refractivity contribution is 4.65. The van der Waals surface area contributed by atoms with E-state index in [4.69, 9.17) is 9.47 Å². The lowest BCUT2D eigenvalue weighted by Gasteiger charge is -2.20. The predicted molar refractivity (Wildman–Crippen MR) is 70.2 cm³/mol. The van der Waals surface area contributed by atoms with E-state index in [1.54, 1.807) is 7.11 Å². The van der Waals surface area contributed by atoms with Crippen LogP contribution in [0.3, 0.4) is 0 Å². The zero-order valence-corrected chi connectivity index (χ0v) is 12.0. The van der Waals surface area contributed by atoms with Crippen LogP contribution in [0.25, 0.3) is 0 Å². The van der Waals surface area contributed by atoms with Gasteiger partial charge >= 0.3 is 0 Å². The van der Waals surface area contributed by atoms with Crippen molar-refractivity contribution >= 4 is 0 Å². The third-order valence-electron chi connectivity index (χ3n) is 2.41. The molecule has 0 saturated carbocycles. The van der Waals surface area contributed by atoms with Gasteiger partial charge in [0, 0.05) is 13.7 Å². The Morgan fingerprint density at radius 1 is 1.24 bits per heavy atom. The number of methoxy groups -OCH3 is 1. The normalized spacial score (nSPS) is 15.9. The molecule has 0 aliphatic rings. The topological polar surface area (TPSA) is 50.7 Å². The summed E-state index contributed by atoms with van der Waals surface area (Å²) < 4.78 is 10.4. The van der Waals surface area contributed by atoms with Crippen molar-refractivity contribution in [2.45, 2.75) is 46.3 Å². The average molecular weight is 247 g/mol.